The van der Waals surface area contributed by atoms with Gasteiger partial charge in [-0.15, -0.1) is 0 Å². The number of anilines is 1. The Kier molecular flexibility index (Phi) is 5.73. The molecule has 0 radical (unpaired) electrons. The Morgan fingerprint density at radius 2 is 2.15 bits per heavy atom. The highest BCUT2D eigenvalue weighted by Gasteiger charge is 2.13. The summed E-state index contributed by atoms with van der Waals surface area (Å²) in [5.41, 5.74) is 1.75. The molecule has 3 aromatic rings. The Bertz CT molecular complexity index is 875. The largest absolute Gasteiger partial charge is 0.494 e. The van der Waals surface area contributed by atoms with Gasteiger partial charge in [-0.3, -0.25) is 4.79 Å². The van der Waals surface area contributed by atoms with Crippen molar-refractivity contribution in [3.63, 3.8) is 0 Å². The average Bonchev–Trinajstić information content (AvgIpc) is 2.97. The SMILES string of the molecule is CCC(=O)Oc1c(C)[nH]c2ccc(OCCCNc3ccccn3)cc12. The molecule has 0 atom stereocenters. The van der Waals surface area contributed by atoms with E-state index in [9.17, 15) is 4.79 Å². The first-order valence-corrected chi connectivity index (χ1v) is 8.78. The van der Waals surface area contributed by atoms with E-state index in [0.29, 0.717) is 18.8 Å². The van der Waals surface area contributed by atoms with Gasteiger partial charge in [0, 0.05) is 30.1 Å². The number of nitrogens with one attached hydrogen (secondary N) is 2. The second-order valence-corrected chi connectivity index (χ2v) is 5.96. The number of benzene rings is 1. The fourth-order valence-electron chi connectivity index (χ4n) is 2.63. The number of pyridine rings is 1. The number of aromatic nitrogens is 2. The number of ether oxygens (including phenoxy) is 2. The number of esters is 1. The zero-order valence-electron chi connectivity index (χ0n) is 15.0. The van der Waals surface area contributed by atoms with Crippen molar-refractivity contribution in [2.24, 2.45) is 0 Å². The molecule has 26 heavy (non-hydrogen) atoms. The molecule has 136 valence electrons. The van der Waals surface area contributed by atoms with Crippen LogP contribution in [0.3, 0.4) is 0 Å². The molecule has 1 aromatic carbocycles. The quantitative estimate of drug-likeness (QED) is 0.472. The van der Waals surface area contributed by atoms with Crippen LogP contribution in [0.4, 0.5) is 5.82 Å². The minimum atomic E-state index is -0.249. The van der Waals surface area contributed by atoms with Crippen molar-refractivity contribution in [2.45, 2.75) is 26.7 Å². The maximum absolute atomic E-state index is 11.6. The fraction of sp³-hybridized carbons (Fsp3) is 0.300. The molecule has 2 heterocycles. The number of fused-ring (bicyclic) bond motifs is 1. The maximum Gasteiger partial charge on any atom is 0.310 e. The van der Waals surface area contributed by atoms with Crippen molar-refractivity contribution < 1.29 is 14.3 Å². The summed E-state index contributed by atoms with van der Waals surface area (Å²) in [5.74, 6) is 1.94. The number of hydrogen-bond acceptors (Lipinski definition) is 5. The summed E-state index contributed by atoms with van der Waals surface area (Å²) in [7, 11) is 0. The number of carbonyl (C=O) groups is 1. The zero-order valence-corrected chi connectivity index (χ0v) is 15.0. The molecule has 3 rings (SSSR count). The molecule has 0 spiro atoms. The van der Waals surface area contributed by atoms with Crippen LogP contribution in [0.25, 0.3) is 10.9 Å². The van der Waals surface area contributed by atoms with E-state index in [-0.39, 0.29) is 5.97 Å². The van der Waals surface area contributed by atoms with Crippen LogP contribution in [0.1, 0.15) is 25.5 Å². The van der Waals surface area contributed by atoms with E-state index >= 15 is 0 Å². The molecule has 0 aliphatic carbocycles. The van der Waals surface area contributed by atoms with Crippen LogP contribution < -0.4 is 14.8 Å². The summed E-state index contributed by atoms with van der Waals surface area (Å²) in [6.07, 6.45) is 2.94. The molecule has 0 unspecified atom stereocenters. The predicted octanol–water partition coefficient (Wildman–Crippen LogP) is 4.07. The first kappa shape index (κ1) is 17.8. The summed E-state index contributed by atoms with van der Waals surface area (Å²) in [6, 6.07) is 11.5. The Labute approximate surface area is 152 Å². The number of H-pyrrole nitrogens is 1. The first-order chi connectivity index (χ1) is 12.7. The molecule has 0 saturated heterocycles. The lowest BCUT2D eigenvalue weighted by Gasteiger charge is -2.08. The van der Waals surface area contributed by atoms with Gasteiger partial charge in [-0.2, -0.15) is 0 Å². The van der Waals surface area contributed by atoms with Crippen molar-refractivity contribution in [2.75, 3.05) is 18.5 Å². The molecule has 0 saturated carbocycles. The van der Waals surface area contributed by atoms with Gasteiger partial charge in [0.2, 0.25) is 0 Å². The van der Waals surface area contributed by atoms with E-state index in [1.807, 2.05) is 43.3 Å². The minimum absolute atomic E-state index is 0.249. The number of rotatable bonds is 8. The van der Waals surface area contributed by atoms with E-state index in [0.717, 1.165) is 41.1 Å². The average molecular weight is 353 g/mol. The predicted molar refractivity (Wildman–Crippen MR) is 102 cm³/mol. The fourth-order valence-corrected chi connectivity index (χ4v) is 2.63. The highest BCUT2D eigenvalue weighted by molar-refractivity contribution is 5.91. The van der Waals surface area contributed by atoms with Crippen LogP contribution in [0.2, 0.25) is 0 Å². The lowest BCUT2D eigenvalue weighted by Crippen LogP contribution is -2.08. The topological polar surface area (TPSA) is 76.2 Å². The molecular formula is C20H23N3O3. The van der Waals surface area contributed by atoms with Crippen LogP contribution >= 0.6 is 0 Å². The monoisotopic (exact) mass is 353 g/mol. The third-order valence-corrected chi connectivity index (χ3v) is 3.96. The van der Waals surface area contributed by atoms with Gasteiger partial charge in [0.25, 0.3) is 0 Å². The van der Waals surface area contributed by atoms with E-state index in [1.54, 1.807) is 13.1 Å². The van der Waals surface area contributed by atoms with Gasteiger partial charge in [-0.1, -0.05) is 13.0 Å². The molecule has 0 aliphatic heterocycles. The molecule has 0 amide bonds. The molecule has 6 nitrogen and oxygen atoms in total. The molecule has 2 aromatic heterocycles. The Morgan fingerprint density at radius 3 is 2.92 bits per heavy atom. The molecule has 6 heteroatoms. The second-order valence-electron chi connectivity index (χ2n) is 5.96. The van der Waals surface area contributed by atoms with Crippen molar-refractivity contribution in [1.29, 1.82) is 0 Å². The molecule has 2 N–H and O–H groups in total. The van der Waals surface area contributed by atoms with E-state index < -0.39 is 0 Å². The van der Waals surface area contributed by atoms with Crippen LogP contribution in [0.5, 0.6) is 11.5 Å². The number of aromatic amines is 1. The van der Waals surface area contributed by atoms with Gasteiger partial charge >= 0.3 is 5.97 Å². The number of nitrogens with zero attached hydrogens (tertiary/aromatic N) is 1. The van der Waals surface area contributed by atoms with Crippen molar-refractivity contribution >= 4 is 22.7 Å². The number of aryl methyl sites for hydroxylation is 1. The third kappa shape index (κ3) is 4.33. The molecular weight excluding hydrogens is 330 g/mol. The smallest absolute Gasteiger partial charge is 0.310 e. The van der Waals surface area contributed by atoms with Gasteiger partial charge in [0.1, 0.15) is 11.6 Å². The van der Waals surface area contributed by atoms with Gasteiger partial charge in [0.05, 0.1) is 12.3 Å². The van der Waals surface area contributed by atoms with Gasteiger partial charge in [0.15, 0.2) is 5.75 Å². The lowest BCUT2D eigenvalue weighted by molar-refractivity contribution is -0.133. The Balaban J connectivity index is 1.58. The van der Waals surface area contributed by atoms with Crippen molar-refractivity contribution in [3.8, 4) is 11.5 Å². The lowest BCUT2D eigenvalue weighted by atomic mass is 10.2. The Hall–Kier alpha value is -3.02. The molecule has 0 fully saturated rings. The summed E-state index contributed by atoms with van der Waals surface area (Å²) in [5, 5.41) is 4.10. The van der Waals surface area contributed by atoms with Crippen LogP contribution in [0, 0.1) is 6.92 Å². The van der Waals surface area contributed by atoms with Crippen molar-refractivity contribution in [1.82, 2.24) is 9.97 Å². The summed E-state index contributed by atoms with van der Waals surface area (Å²) >= 11 is 0. The summed E-state index contributed by atoms with van der Waals surface area (Å²) in [6.45, 7) is 5.03. The van der Waals surface area contributed by atoms with Gasteiger partial charge < -0.3 is 19.8 Å². The van der Waals surface area contributed by atoms with Crippen LogP contribution in [-0.2, 0) is 4.79 Å². The second kappa shape index (κ2) is 8.38. The van der Waals surface area contributed by atoms with E-state index in [1.165, 1.54) is 0 Å². The highest BCUT2D eigenvalue weighted by atomic mass is 16.5. The Morgan fingerprint density at radius 1 is 1.27 bits per heavy atom. The van der Waals surface area contributed by atoms with Gasteiger partial charge in [-0.25, -0.2) is 4.98 Å². The van der Waals surface area contributed by atoms with Gasteiger partial charge in [-0.05, 0) is 43.7 Å². The standard InChI is InChI=1S/C20H23N3O3/c1-3-19(24)26-20-14(2)23-17-9-8-15(13-16(17)20)25-12-6-11-22-18-7-4-5-10-21-18/h4-5,7-10,13,23H,3,6,11-12H2,1-2H3,(H,21,22). The molecule has 0 aliphatic rings. The van der Waals surface area contributed by atoms with Crippen LogP contribution in [-0.4, -0.2) is 29.1 Å². The first-order valence-electron chi connectivity index (χ1n) is 8.78. The maximum atomic E-state index is 11.6. The zero-order chi connectivity index (χ0) is 18.4. The third-order valence-electron chi connectivity index (χ3n) is 3.96. The van der Waals surface area contributed by atoms with E-state index in [4.69, 9.17) is 9.47 Å². The van der Waals surface area contributed by atoms with Crippen LogP contribution in [0.15, 0.2) is 42.6 Å². The normalized spacial score (nSPS) is 10.7. The number of hydrogen-bond donors (Lipinski definition) is 2. The minimum Gasteiger partial charge on any atom is -0.494 e. The van der Waals surface area contributed by atoms with Crippen molar-refractivity contribution in [3.05, 3.63) is 48.3 Å². The number of carbonyl (C=O) groups excluding carboxylic acids is 1. The van der Waals surface area contributed by atoms with E-state index in [2.05, 4.69) is 15.3 Å². The molecule has 0 bridgehead atoms. The highest BCUT2D eigenvalue weighted by Crippen LogP contribution is 2.32. The summed E-state index contributed by atoms with van der Waals surface area (Å²) in [4.78, 5) is 19.1. The summed E-state index contributed by atoms with van der Waals surface area (Å²) < 4.78 is 11.3.